The van der Waals surface area contributed by atoms with Crippen LogP contribution in [0.4, 0.5) is 0 Å². The number of rotatable bonds is 2. The number of nitrogens with one attached hydrogen (secondary N) is 1. The molecule has 2 heterocycles. The highest BCUT2D eigenvalue weighted by Crippen LogP contribution is 2.26. The minimum Gasteiger partial charge on any atom is -0.456 e. The molecule has 0 unspecified atom stereocenters. The molecular formula is C13H8N4O. The third kappa shape index (κ3) is 1.76. The van der Waals surface area contributed by atoms with Gasteiger partial charge in [0.1, 0.15) is 23.1 Å². The fourth-order valence-corrected chi connectivity index (χ4v) is 1.67. The average Bonchev–Trinajstić information content (AvgIpc) is 2.87. The molecule has 3 rings (SSSR count). The lowest BCUT2D eigenvalue weighted by Gasteiger charge is -2.06. The fourth-order valence-electron chi connectivity index (χ4n) is 1.67. The first kappa shape index (κ1) is 10.3. The number of pyridine rings is 1. The van der Waals surface area contributed by atoms with Crippen molar-refractivity contribution < 1.29 is 4.74 Å². The molecule has 0 fully saturated rings. The first-order valence-electron chi connectivity index (χ1n) is 5.32. The summed E-state index contributed by atoms with van der Waals surface area (Å²) in [5, 5.41) is 16.7. The summed E-state index contributed by atoms with van der Waals surface area (Å²) in [6, 6.07) is 9.27. The average molecular weight is 236 g/mol. The van der Waals surface area contributed by atoms with Crippen LogP contribution in [0.15, 0.2) is 42.9 Å². The molecule has 0 bridgehead atoms. The third-order valence-corrected chi connectivity index (χ3v) is 2.54. The van der Waals surface area contributed by atoms with Crippen LogP contribution in [-0.4, -0.2) is 15.2 Å². The van der Waals surface area contributed by atoms with Gasteiger partial charge < -0.3 is 4.74 Å². The van der Waals surface area contributed by atoms with E-state index in [0.717, 1.165) is 10.9 Å². The van der Waals surface area contributed by atoms with E-state index in [1.165, 1.54) is 6.20 Å². The summed E-state index contributed by atoms with van der Waals surface area (Å²) < 4.78 is 5.67. The maximum atomic E-state index is 8.95. The maximum absolute atomic E-state index is 8.95. The molecule has 0 saturated carbocycles. The number of H-pyrrole nitrogens is 1. The smallest absolute Gasteiger partial charge is 0.148 e. The molecule has 0 atom stereocenters. The summed E-state index contributed by atoms with van der Waals surface area (Å²) in [5.74, 6) is 1.15. The molecule has 0 radical (unpaired) electrons. The van der Waals surface area contributed by atoms with Crippen LogP contribution in [-0.2, 0) is 0 Å². The van der Waals surface area contributed by atoms with Gasteiger partial charge in [0.2, 0.25) is 0 Å². The van der Waals surface area contributed by atoms with Crippen LogP contribution in [0.3, 0.4) is 0 Å². The molecule has 0 aliphatic rings. The van der Waals surface area contributed by atoms with Gasteiger partial charge in [-0.3, -0.25) is 10.1 Å². The van der Waals surface area contributed by atoms with E-state index in [1.54, 1.807) is 18.5 Å². The monoisotopic (exact) mass is 236 g/mol. The Balaban J connectivity index is 1.98. The standard InChI is InChI=1S/C13H8N4O/c14-6-10-7-15-4-3-13(10)18-11-1-2-12-9(5-11)8-16-17-12/h1-5,7-8H,(H,16,17). The maximum Gasteiger partial charge on any atom is 0.148 e. The molecule has 0 spiro atoms. The highest BCUT2D eigenvalue weighted by Gasteiger charge is 2.05. The Bertz CT molecular complexity index is 742. The summed E-state index contributed by atoms with van der Waals surface area (Å²) >= 11 is 0. The highest BCUT2D eigenvalue weighted by molar-refractivity contribution is 5.79. The van der Waals surface area contributed by atoms with Gasteiger partial charge in [0, 0.05) is 23.8 Å². The number of aromatic nitrogens is 3. The Hall–Kier alpha value is -2.87. The van der Waals surface area contributed by atoms with Crippen LogP contribution in [0.5, 0.6) is 11.5 Å². The molecular weight excluding hydrogens is 228 g/mol. The molecule has 0 aliphatic carbocycles. The Morgan fingerprint density at radius 1 is 1.22 bits per heavy atom. The fraction of sp³-hybridized carbons (Fsp3) is 0. The number of benzene rings is 1. The zero-order valence-corrected chi connectivity index (χ0v) is 9.29. The second-order valence-corrected chi connectivity index (χ2v) is 3.70. The second-order valence-electron chi connectivity index (χ2n) is 3.70. The molecule has 1 N–H and O–H groups in total. The van der Waals surface area contributed by atoms with Crippen molar-refractivity contribution in [3.8, 4) is 17.6 Å². The molecule has 0 saturated heterocycles. The summed E-state index contributed by atoms with van der Waals surface area (Å²) in [7, 11) is 0. The van der Waals surface area contributed by atoms with E-state index < -0.39 is 0 Å². The van der Waals surface area contributed by atoms with Crippen molar-refractivity contribution in [1.29, 1.82) is 5.26 Å². The molecule has 3 aromatic rings. The van der Waals surface area contributed by atoms with Crippen molar-refractivity contribution in [2.75, 3.05) is 0 Å². The molecule has 0 amide bonds. The molecule has 1 aromatic carbocycles. The summed E-state index contributed by atoms with van der Waals surface area (Å²) in [6.07, 6.45) is 4.79. The number of nitriles is 1. The van der Waals surface area contributed by atoms with Crippen LogP contribution in [0.25, 0.3) is 10.9 Å². The van der Waals surface area contributed by atoms with Crippen molar-refractivity contribution in [1.82, 2.24) is 15.2 Å². The summed E-state index contributed by atoms with van der Waals surface area (Å²) in [6.45, 7) is 0. The molecule has 2 aromatic heterocycles. The summed E-state index contributed by atoms with van der Waals surface area (Å²) in [5.41, 5.74) is 1.35. The Morgan fingerprint density at radius 2 is 2.17 bits per heavy atom. The SMILES string of the molecule is N#Cc1cnccc1Oc1ccc2[nH]ncc2c1. The van der Waals surface area contributed by atoms with E-state index in [1.807, 2.05) is 24.3 Å². The largest absolute Gasteiger partial charge is 0.456 e. The Morgan fingerprint density at radius 3 is 3.06 bits per heavy atom. The quantitative estimate of drug-likeness (QED) is 0.742. The molecule has 18 heavy (non-hydrogen) atoms. The van der Waals surface area contributed by atoms with Gasteiger partial charge in [-0.1, -0.05) is 0 Å². The van der Waals surface area contributed by atoms with Gasteiger partial charge in [-0.2, -0.15) is 10.4 Å². The number of nitrogens with zero attached hydrogens (tertiary/aromatic N) is 3. The first-order valence-corrected chi connectivity index (χ1v) is 5.32. The van der Waals surface area contributed by atoms with E-state index >= 15 is 0 Å². The van der Waals surface area contributed by atoms with Crippen molar-refractivity contribution in [2.45, 2.75) is 0 Å². The lowest BCUT2D eigenvalue weighted by molar-refractivity contribution is 0.481. The predicted molar refractivity (Wildman–Crippen MR) is 65.1 cm³/mol. The van der Waals surface area contributed by atoms with Gasteiger partial charge in [0.05, 0.1) is 11.7 Å². The van der Waals surface area contributed by atoms with Gasteiger partial charge in [0.25, 0.3) is 0 Å². The van der Waals surface area contributed by atoms with Gasteiger partial charge in [-0.05, 0) is 18.2 Å². The van der Waals surface area contributed by atoms with Gasteiger partial charge in [0.15, 0.2) is 0 Å². The van der Waals surface area contributed by atoms with Crippen molar-refractivity contribution >= 4 is 10.9 Å². The van der Waals surface area contributed by atoms with Crippen LogP contribution in [0.1, 0.15) is 5.56 Å². The van der Waals surface area contributed by atoms with Crippen molar-refractivity contribution in [3.63, 3.8) is 0 Å². The van der Waals surface area contributed by atoms with Crippen LogP contribution in [0.2, 0.25) is 0 Å². The first-order chi connectivity index (χ1) is 8.86. The van der Waals surface area contributed by atoms with Crippen LogP contribution >= 0.6 is 0 Å². The van der Waals surface area contributed by atoms with E-state index in [-0.39, 0.29) is 0 Å². The Labute approximate surface area is 103 Å². The summed E-state index contributed by atoms with van der Waals surface area (Å²) in [4.78, 5) is 3.88. The highest BCUT2D eigenvalue weighted by atomic mass is 16.5. The minimum atomic E-state index is 0.407. The normalized spacial score (nSPS) is 10.2. The van der Waals surface area contributed by atoms with Crippen molar-refractivity contribution in [3.05, 3.63) is 48.4 Å². The number of aromatic amines is 1. The van der Waals surface area contributed by atoms with Gasteiger partial charge in [-0.25, -0.2) is 0 Å². The topological polar surface area (TPSA) is 74.6 Å². The third-order valence-electron chi connectivity index (χ3n) is 2.54. The van der Waals surface area contributed by atoms with Crippen LogP contribution in [0, 0.1) is 11.3 Å². The predicted octanol–water partition coefficient (Wildman–Crippen LogP) is 2.62. The lowest BCUT2D eigenvalue weighted by atomic mass is 10.2. The number of hydrogen-bond donors (Lipinski definition) is 1. The number of fused-ring (bicyclic) bond motifs is 1. The molecule has 5 heteroatoms. The molecule has 86 valence electrons. The number of hydrogen-bond acceptors (Lipinski definition) is 4. The number of ether oxygens (including phenoxy) is 1. The van der Waals surface area contributed by atoms with E-state index in [2.05, 4.69) is 15.2 Å². The lowest BCUT2D eigenvalue weighted by Crippen LogP contribution is -1.88. The van der Waals surface area contributed by atoms with Crippen LogP contribution < -0.4 is 4.74 Å². The van der Waals surface area contributed by atoms with E-state index in [0.29, 0.717) is 17.1 Å². The molecule has 5 nitrogen and oxygen atoms in total. The zero-order valence-electron chi connectivity index (χ0n) is 9.29. The van der Waals surface area contributed by atoms with E-state index in [9.17, 15) is 0 Å². The van der Waals surface area contributed by atoms with E-state index in [4.69, 9.17) is 10.00 Å². The second kappa shape index (κ2) is 4.18. The van der Waals surface area contributed by atoms with Gasteiger partial charge in [-0.15, -0.1) is 0 Å². The van der Waals surface area contributed by atoms with Gasteiger partial charge >= 0.3 is 0 Å². The molecule has 0 aliphatic heterocycles. The minimum absolute atomic E-state index is 0.407. The van der Waals surface area contributed by atoms with Crippen molar-refractivity contribution in [2.24, 2.45) is 0 Å². The Kier molecular flexibility index (Phi) is 2.39. The zero-order chi connectivity index (χ0) is 12.4.